The summed E-state index contributed by atoms with van der Waals surface area (Å²) in [6.07, 6.45) is 2.33. The first-order valence-corrected chi connectivity index (χ1v) is 10.3. The molecule has 30 heavy (non-hydrogen) atoms. The van der Waals surface area contributed by atoms with Crippen molar-refractivity contribution in [3.8, 4) is 0 Å². The van der Waals surface area contributed by atoms with E-state index in [0.29, 0.717) is 24.4 Å². The van der Waals surface area contributed by atoms with Crippen molar-refractivity contribution in [2.24, 2.45) is 12.5 Å². The molecule has 2 atom stereocenters. The van der Waals surface area contributed by atoms with Crippen LogP contribution in [0, 0.1) is 5.41 Å². The smallest absolute Gasteiger partial charge is 0.330 e. The first-order valence-electron chi connectivity index (χ1n) is 10.3. The van der Waals surface area contributed by atoms with Crippen LogP contribution in [-0.2, 0) is 13.6 Å². The van der Waals surface area contributed by atoms with Crippen LogP contribution in [0.15, 0.2) is 33.8 Å². The molecule has 2 unspecified atom stereocenters. The highest BCUT2D eigenvalue weighted by Crippen LogP contribution is 2.35. The van der Waals surface area contributed by atoms with Gasteiger partial charge >= 0.3 is 5.69 Å². The van der Waals surface area contributed by atoms with Crippen molar-refractivity contribution >= 4 is 22.9 Å². The number of aromatic nitrogens is 4. The highest BCUT2D eigenvalue weighted by molar-refractivity contribution is 5.93. The van der Waals surface area contributed by atoms with Gasteiger partial charge in [-0.1, -0.05) is 25.9 Å². The lowest BCUT2D eigenvalue weighted by Crippen LogP contribution is -2.49. The van der Waals surface area contributed by atoms with Gasteiger partial charge in [-0.2, -0.15) is 0 Å². The Kier molecular flexibility index (Phi) is 4.06. The zero-order chi connectivity index (χ0) is 21.2. The molecule has 158 valence electrons. The Labute approximate surface area is 173 Å². The lowest BCUT2D eigenvalue weighted by molar-refractivity contribution is 0.0715. The van der Waals surface area contributed by atoms with Crippen molar-refractivity contribution in [3.05, 3.63) is 40.6 Å². The van der Waals surface area contributed by atoms with Gasteiger partial charge in [-0.15, -0.1) is 0 Å². The monoisotopic (exact) mass is 410 g/mol. The zero-order valence-corrected chi connectivity index (χ0v) is 17.7. The topological polar surface area (TPSA) is 89.4 Å². The number of aryl methyl sites for hydroxylation is 1. The fourth-order valence-corrected chi connectivity index (χ4v) is 4.72. The maximum Gasteiger partial charge on any atom is 0.330 e. The normalized spacial score (nSPS) is 21.2. The Morgan fingerprint density at radius 1 is 1.20 bits per heavy atom. The quantitative estimate of drug-likeness (QED) is 0.655. The van der Waals surface area contributed by atoms with Crippen LogP contribution < -0.4 is 10.6 Å². The minimum Gasteiger partial charge on any atom is -0.364 e. The maximum absolute atomic E-state index is 12.8. The van der Waals surface area contributed by atoms with Crippen LogP contribution in [0.25, 0.3) is 11.2 Å². The summed E-state index contributed by atoms with van der Waals surface area (Å²) in [7, 11) is 1.77. The second-order valence-electron chi connectivity index (χ2n) is 9.54. The Morgan fingerprint density at radius 3 is 2.63 bits per heavy atom. The molecule has 0 aliphatic carbocycles. The molecule has 3 aromatic heterocycles. The van der Waals surface area contributed by atoms with Crippen molar-refractivity contribution in [2.75, 3.05) is 18.0 Å². The number of hydrogen-bond donors (Lipinski definition) is 0. The number of imidazole rings is 1. The highest BCUT2D eigenvalue weighted by Gasteiger charge is 2.46. The molecule has 3 aromatic rings. The predicted molar refractivity (Wildman–Crippen MR) is 112 cm³/mol. The molecule has 2 saturated heterocycles. The molecular formula is C21H26N6O3. The lowest BCUT2D eigenvalue weighted by Gasteiger charge is -2.34. The average molecular weight is 410 g/mol. The van der Waals surface area contributed by atoms with Crippen LogP contribution in [0.5, 0.6) is 0 Å². The molecule has 0 spiro atoms. The number of pyridine rings is 1. The molecule has 9 heteroatoms. The third-order valence-electron chi connectivity index (χ3n) is 6.05. The molecule has 5 heterocycles. The minimum atomic E-state index is -0.0824. The van der Waals surface area contributed by atoms with Crippen molar-refractivity contribution in [3.63, 3.8) is 0 Å². The average Bonchev–Trinajstić information content (AvgIpc) is 3.48. The van der Waals surface area contributed by atoms with Crippen LogP contribution in [-0.4, -0.2) is 55.3 Å². The molecule has 2 fully saturated rings. The molecule has 0 saturated carbocycles. The van der Waals surface area contributed by atoms with Gasteiger partial charge in [-0.25, -0.2) is 9.78 Å². The first-order chi connectivity index (χ1) is 14.2. The molecule has 0 aromatic carbocycles. The van der Waals surface area contributed by atoms with Crippen LogP contribution in [0.4, 0.5) is 5.82 Å². The molecular weight excluding hydrogens is 384 g/mol. The van der Waals surface area contributed by atoms with Crippen LogP contribution >= 0.6 is 0 Å². The van der Waals surface area contributed by atoms with Crippen LogP contribution in [0.2, 0.25) is 0 Å². The summed E-state index contributed by atoms with van der Waals surface area (Å²) in [6, 6.07) is 5.93. The number of likely N-dealkylation sites (tertiary alicyclic amines) is 1. The number of carbonyl (C=O) groups excluding carboxylic acids is 1. The number of nitrogens with zero attached hydrogens (tertiary/aromatic N) is 6. The number of rotatable bonds is 3. The van der Waals surface area contributed by atoms with Gasteiger partial charge in [0.15, 0.2) is 11.3 Å². The van der Waals surface area contributed by atoms with Gasteiger partial charge in [-0.05, 0) is 24.0 Å². The molecule has 5 rings (SSSR count). The van der Waals surface area contributed by atoms with Gasteiger partial charge in [0, 0.05) is 32.7 Å². The molecule has 2 aliphatic heterocycles. The van der Waals surface area contributed by atoms with E-state index in [4.69, 9.17) is 9.51 Å². The van der Waals surface area contributed by atoms with E-state index in [9.17, 15) is 9.59 Å². The molecule has 2 aliphatic rings. The zero-order valence-electron chi connectivity index (χ0n) is 17.7. The molecule has 0 radical (unpaired) electrons. The standard InChI is InChI=1S/C21H26N6O3/c1-21(2,3)12-27-16-5-6-17(22-18(16)24(4)20(27)29)25-10-14-9-13(25)11-26(14)19(28)15-7-8-30-23-15/h5-8,13-14H,9-12H2,1-4H3. The molecule has 9 nitrogen and oxygen atoms in total. The summed E-state index contributed by atoms with van der Waals surface area (Å²) in [6.45, 7) is 8.36. The van der Waals surface area contributed by atoms with E-state index >= 15 is 0 Å². The van der Waals surface area contributed by atoms with E-state index in [2.05, 4.69) is 30.8 Å². The van der Waals surface area contributed by atoms with Gasteiger partial charge in [0.1, 0.15) is 12.1 Å². The first kappa shape index (κ1) is 18.9. The number of fused-ring (bicyclic) bond motifs is 3. The Bertz CT molecular complexity index is 1170. The van der Waals surface area contributed by atoms with E-state index < -0.39 is 0 Å². The summed E-state index contributed by atoms with van der Waals surface area (Å²) in [5.74, 6) is 0.771. The van der Waals surface area contributed by atoms with E-state index in [1.54, 1.807) is 22.2 Å². The van der Waals surface area contributed by atoms with Gasteiger partial charge in [-0.3, -0.25) is 13.9 Å². The van der Waals surface area contributed by atoms with Crippen molar-refractivity contribution in [1.82, 2.24) is 24.2 Å². The molecule has 1 amide bonds. The lowest BCUT2D eigenvalue weighted by atomic mass is 9.97. The van der Waals surface area contributed by atoms with Crippen LogP contribution in [0.1, 0.15) is 37.7 Å². The summed E-state index contributed by atoms with van der Waals surface area (Å²) in [4.78, 5) is 34.4. The van der Waals surface area contributed by atoms with E-state index in [1.165, 1.54) is 6.26 Å². The second-order valence-corrected chi connectivity index (χ2v) is 9.54. The van der Waals surface area contributed by atoms with Gasteiger partial charge in [0.25, 0.3) is 5.91 Å². The van der Waals surface area contributed by atoms with Crippen molar-refractivity contribution in [2.45, 2.75) is 45.8 Å². The Balaban J connectivity index is 1.41. The summed E-state index contributed by atoms with van der Waals surface area (Å²) >= 11 is 0. The SMILES string of the molecule is Cn1c(=O)n(CC(C)(C)C)c2ccc(N3CC4CC3CN4C(=O)c3ccon3)nc21. The van der Waals surface area contributed by atoms with Gasteiger partial charge < -0.3 is 14.3 Å². The summed E-state index contributed by atoms with van der Waals surface area (Å²) < 4.78 is 8.24. The van der Waals surface area contributed by atoms with Gasteiger partial charge in [0.05, 0.1) is 17.6 Å². The molecule has 2 bridgehead atoms. The molecule has 0 N–H and O–H groups in total. The highest BCUT2D eigenvalue weighted by atomic mass is 16.5. The van der Waals surface area contributed by atoms with Gasteiger partial charge in [0.2, 0.25) is 0 Å². The predicted octanol–water partition coefficient (Wildman–Crippen LogP) is 1.87. The number of carbonyl (C=O) groups is 1. The number of anilines is 1. The van der Waals surface area contributed by atoms with E-state index in [-0.39, 0.29) is 29.1 Å². The Hall–Kier alpha value is -3.10. The van der Waals surface area contributed by atoms with Crippen molar-refractivity contribution < 1.29 is 9.32 Å². The minimum absolute atomic E-state index is 0.00920. The Morgan fingerprint density at radius 2 is 2.00 bits per heavy atom. The van der Waals surface area contributed by atoms with Crippen molar-refractivity contribution in [1.29, 1.82) is 0 Å². The summed E-state index contributed by atoms with van der Waals surface area (Å²) in [5.41, 5.74) is 1.85. The summed E-state index contributed by atoms with van der Waals surface area (Å²) in [5, 5.41) is 3.77. The third-order valence-corrected chi connectivity index (χ3v) is 6.05. The number of hydrogen-bond acceptors (Lipinski definition) is 6. The second kappa shape index (κ2) is 6.45. The fraction of sp³-hybridized carbons (Fsp3) is 0.524. The fourth-order valence-electron chi connectivity index (χ4n) is 4.72. The van der Waals surface area contributed by atoms with E-state index in [0.717, 1.165) is 24.3 Å². The van der Waals surface area contributed by atoms with E-state index in [1.807, 2.05) is 17.0 Å². The number of piperazine rings is 1. The largest absolute Gasteiger partial charge is 0.364 e. The number of amides is 1. The maximum atomic E-state index is 12.8. The van der Waals surface area contributed by atoms with Crippen LogP contribution in [0.3, 0.4) is 0 Å². The third kappa shape index (κ3) is 2.91.